The smallest absolute Gasteiger partial charge is 0.170 e. The van der Waals surface area contributed by atoms with Gasteiger partial charge in [0.15, 0.2) is 7.14 Å². The summed E-state index contributed by atoms with van der Waals surface area (Å²) in [6, 6.07) is 6.71. The van der Waals surface area contributed by atoms with Crippen molar-refractivity contribution in [2.45, 2.75) is 19.3 Å². The highest BCUT2D eigenvalue weighted by atomic mass is 127. The van der Waals surface area contributed by atoms with Gasteiger partial charge in [0.05, 0.1) is 0 Å². The Morgan fingerprint density at radius 1 is 0.895 bits per heavy atom. The first-order chi connectivity index (χ1) is 8.94. The minimum Gasteiger partial charge on any atom is -0.170 e. The van der Waals surface area contributed by atoms with E-state index in [0.717, 1.165) is 19.9 Å². The van der Waals surface area contributed by atoms with Crippen LogP contribution in [0, 0.1) is 14.8 Å². The van der Waals surface area contributed by atoms with Crippen LogP contribution in [0.2, 0.25) is 0 Å². The highest BCUT2D eigenvalue weighted by Gasteiger charge is 2.18. The van der Waals surface area contributed by atoms with Crippen molar-refractivity contribution < 1.29 is 90.4 Å². The first-order valence-electron chi connectivity index (χ1n) is 5.52. The third kappa shape index (κ3) is 5.13. The zero-order chi connectivity index (χ0) is 14.0. The Morgan fingerprint density at radius 2 is 1.42 bits per heavy atom. The van der Waals surface area contributed by atoms with Crippen molar-refractivity contribution in [1.29, 1.82) is 0 Å². The molecule has 0 fully saturated rings. The van der Waals surface area contributed by atoms with Crippen molar-refractivity contribution in [2.24, 2.45) is 0 Å². The van der Waals surface area contributed by atoms with E-state index in [4.69, 9.17) is 0 Å². The van der Waals surface area contributed by atoms with Crippen LogP contribution in [0.1, 0.15) is 24.2 Å². The second kappa shape index (κ2) is 7.42. The summed E-state index contributed by atoms with van der Waals surface area (Å²) < 4.78 is 4.28. The molecule has 7 heteroatoms. The predicted octanol–water partition coefficient (Wildman–Crippen LogP) is -12.0. The van der Waals surface area contributed by atoms with Crippen molar-refractivity contribution in [1.82, 2.24) is 15.0 Å². The molecule has 1 heterocycles. The Hall–Kier alpha value is 1.15. The lowest BCUT2D eigenvalue weighted by molar-refractivity contribution is -0.375. The molecule has 0 saturated carbocycles. The number of nitrogens with zero attached hydrogens (tertiary/aromatic N) is 3. The largest absolute Gasteiger partial charge is 0.380 e. The number of hydrogen-bond acceptors (Lipinski definition) is 3. The maximum Gasteiger partial charge on any atom is 0.380 e. The molecule has 0 N–H and O–H groups in total. The monoisotopic (exact) mass is 707 g/mol. The van der Waals surface area contributed by atoms with E-state index >= 15 is 0 Å². The molecule has 1 atom stereocenters. The molecule has 0 unspecified atom stereocenters. The Balaban J connectivity index is 2.22. The summed E-state index contributed by atoms with van der Waals surface area (Å²) in [4.78, 5) is 13.2. The van der Waals surface area contributed by atoms with E-state index in [1.165, 1.54) is 12.7 Å². The van der Waals surface area contributed by atoms with Crippen LogP contribution in [0.15, 0.2) is 18.2 Å². The Labute approximate surface area is 166 Å². The van der Waals surface area contributed by atoms with E-state index in [2.05, 4.69) is 85.3 Å². The highest BCUT2D eigenvalue weighted by Crippen LogP contribution is 2.15. The maximum absolute atomic E-state index is 4.46. The van der Waals surface area contributed by atoms with Gasteiger partial charge in [-0.3, -0.25) is 0 Å². The molecule has 0 spiro atoms. The summed E-state index contributed by atoms with van der Waals surface area (Å²) >= 11 is 7.82. The molecule has 0 bridgehead atoms. The molecular weight excluding hydrogens is 694 g/mol. The van der Waals surface area contributed by atoms with Gasteiger partial charge in [0, 0.05) is 12.0 Å². The van der Waals surface area contributed by atoms with Crippen LogP contribution in [0.5, 0.6) is 0 Å². The number of halogens is 4. The zero-order valence-electron chi connectivity index (χ0n) is 9.99. The van der Waals surface area contributed by atoms with E-state index in [9.17, 15) is 0 Å². The van der Waals surface area contributed by atoms with Gasteiger partial charge in [-0.05, 0) is 24.1 Å². The summed E-state index contributed by atoms with van der Waals surface area (Å²) in [6.45, 7) is 2.18. The molecule has 0 aliphatic carbocycles. The van der Waals surface area contributed by atoms with Crippen molar-refractivity contribution in [3.8, 4) is 0 Å². The standard InChI is InChI=1S/C12H13I4N3/c1-6(10-17-11(15)19-12(16)18-10)2-7-3-8(13)5-9(14)4-7/h3-6,13-16H,2H2,1H3/q+4/t6-/m1/s1. The number of aromatic nitrogens is 3. The van der Waals surface area contributed by atoms with E-state index in [-0.39, 0.29) is 0 Å². The van der Waals surface area contributed by atoms with Crippen LogP contribution in [0.3, 0.4) is 0 Å². The fourth-order valence-corrected chi connectivity index (χ4v) is 5.66. The lowest BCUT2D eigenvalue weighted by Gasteiger charge is -2.08. The molecule has 0 saturated heterocycles. The second-order valence-corrected chi connectivity index (χ2v) is 8.95. The number of benzene rings is 1. The van der Waals surface area contributed by atoms with Gasteiger partial charge in [-0.25, -0.2) is 0 Å². The SMILES string of the molecule is C[C@H](Cc1cc([IH+])cc([IH+])c1)c1nc([IH+])nc([IH+])n1. The summed E-state index contributed by atoms with van der Waals surface area (Å²) in [5, 5.41) is 0. The first-order valence-corrected chi connectivity index (χ1v) is 10.2. The minimum absolute atomic E-state index is 0.312. The normalized spacial score (nSPS) is 12.5. The minimum atomic E-state index is 0.312. The van der Waals surface area contributed by atoms with E-state index in [1.807, 2.05) is 45.2 Å². The topological polar surface area (TPSA) is 38.7 Å². The van der Waals surface area contributed by atoms with Gasteiger partial charge in [0.1, 0.15) is 5.82 Å². The maximum atomic E-state index is 4.46. The summed E-state index contributed by atoms with van der Waals surface area (Å²) in [5.41, 5.74) is 1.35. The van der Waals surface area contributed by atoms with Crippen molar-refractivity contribution in [3.63, 3.8) is 0 Å². The molecule has 0 aliphatic rings. The number of rotatable bonds is 3. The Morgan fingerprint density at radius 3 is 1.95 bits per heavy atom. The van der Waals surface area contributed by atoms with Crippen molar-refractivity contribution in [2.75, 3.05) is 0 Å². The molecule has 19 heavy (non-hydrogen) atoms. The van der Waals surface area contributed by atoms with E-state index < -0.39 is 0 Å². The average Bonchev–Trinajstić information content (AvgIpc) is 2.25. The van der Waals surface area contributed by atoms with Gasteiger partial charge in [0.25, 0.3) is 45.2 Å². The second-order valence-electron chi connectivity index (χ2n) is 4.18. The third-order valence-corrected chi connectivity index (χ3v) is 4.92. The van der Waals surface area contributed by atoms with E-state index in [1.54, 1.807) is 0 Å². The fourth-order valence-electron chi connectivity index (χ4n) is 1.77. The quantitative estimate of drug-likeness (QED) is 0.298. The van der Waals surface area contributed by atoms with Crippen molar-refractivity contribution in [3.05, 3.63) is 44.4 Å². The summed E-state index contributed by atoms with van der Waals surface area (Å²) in [7, 11) is 0. The van der Waals surface area contributed by atoms with Gasteiger partial charge < -0.3 is 0 Å². The number of hydrogen-bond donors (Lipinski definition) is 0. The van der Waals surface area contributed by atoms with Gasteiger partial charge >= 0.3 is 52.8 Å². The molecule has 0 amide bonds. The van der Waals surface area contributed by atoms with Crippen molar-refractivity contribution >= 4 is 0 Å². The predicted molar refractivity (Wildman–Crippen MR) is 58.8 cm³/mol. The van der Waals surface area contributed by atoms with Gasteiger partial charge in [0.2, 0.25) is 0 Å². The van der Waals surface area contributed by atoms with Gasteiger partial charge in [-0.2, -0.15) is 9.97 Å². The van der Waals surface area contributed by atoms with Crippen LogP contribution < -0.4 is 90.4 Å². The molecular formula is C12H13I4N3+4. The molecule has 0 aliphatic heterocycles. The van der Waals surface area contributed by atoms with Gasteiger partial charge in [-0.15, -0.1) is 4.98 Å². The molecule has 1 aromatic carbocycles. The molecule has 100 valence electrons. The Bertz CT molecular complexity index is 563. The molecule has 2 rings (SSSR count). The van der Waals surface area contributed by atoms with Crippen LogP contribution in [0.4, 0.5) is 0 Å². The van der Waals surface area contributed by atoms with Crippen LogP contribution in [-0.4, -0.2) is 15.0 Å². The average molecular weight is 707 g/mol. The molecule has 3 nitrogen and oxygen atoms in total. The molecule has 0 radical (unpaired) electrons. The molecule has 1 aromatic heterocycles. The fraction of sp³-hybridized carbons (Fsp3) is 0.250. The molecule has 2 aromatic rings. The zero-order valence-corrected chi connectivity index (χ0v) is 19.3. The highest BCUT2D eigenvalue weighted by molar-refractivity contribution is 5.16. The lowest BCUT2D eigenvalue weighted by atomic mass is 10.0. The Kier molecular flexibility index (Phi) is 6.45. The third-order valence-electron chi connectivity index (χ3n) is 2.53. The lowest BCUT2D eigenvalue weighted by Crippen LogP contribution is -3.37. The van der Waals surface area contributed by atoms with Crippen LogP contribution >= 0.6 is 0 Å². The van der Waals surface area contributed by atoms with Gasteiger partial charge in [-0.1, -0.05) is 6.92 Å². The van der Waals surface area contributed by atoms with E-state index in [0.29, 0.717) is 5.92 Å². The summed E-state index contributed by atoms with van der Waals surface area (Å²) in [5.74, 6) is 1.21. The van der Waals surface area contributed by atoms with Crippen LogP contribution in [-0.2, 0) is 6.42 Å². The van der Waals surface area contributed by atoms with Crippen LogP contribution in [0.25, 0.3) is 0 Å². The summed E-state index contributed by atoms with van der Waals surface area (Å²) in [6.07, 6.45) is 0.969. The first kappa shape index (κ1) is 16.5.